The topological polar surface area (TPSA) is 34.0 Å². The molecule has 0 aliphatic heterocycles. The lowest BCUT2D eigenvalue weighted by atomic mass is 9.95. The molecule has 1 aliphatic rings. The molecule has 1 saturated carbocycles. The summed E-state index contributed by atoms with van der Waals surface area (Å²) in [5.74, 6) is 0.0920. The van der Waals surface area contributed by atoms with Crippen LogP contribution in [0.3, 0.4) is 0 Å². The lowest BCUT2D eigenvalue weighted by Crippen LogP contribution is -2.38. The van der Waals surface area contributed by atoms with Gasteiger partial charge in [0.05, 0.1) is 0 Å². The summed E-state index contributed by atoms with van der Waals surface area (Å²) in [6.07, 6.45) is 7.91. The Kier molecular flexibility index (Phi) is 3.97. The highest BCUT2D eigenvalue weighted by molar-refractivity contribution is 6.35. The second kappa shape index (κ2) is 5.88. The summed E-state index contributed by atoms with van der Waals surface area (Å²) >= 11 is 6.15. The van der Waals surface area contributed by atoms with Gasteiger partial charge in [-0.3, -0.25) is 4.79 Å². The van der Waals surface area contributed by atoms with Gasteiger partial charge in [0.15, 0.2) is 0 Å². The standard InChI is InChI=1S/C16H19ClN2O/c17-14-7-4-8-15-13(14)9-10-19(15)11-16(20)18-12-5-2-1-3-6-12/h4,7-10,12H,1-3,5-6,11H2,(H,18,20). The number of carbonyl (C=O) groups is 1. The molecule has 4 heteroatoms. The number of amides is 1. The minimum absolute atomic E-state index is 0.0920. The van der Waals surface area contributed by atoms with Crippen LogP contribution in [0.2, 0.25) is 5.02 Å². The van der Waals surface area contributed by atoms with E-state index in [1.54, 1.807) is 0 Å². The summed E-state index contributed by atoms with van der Waals surface area (Å²) in [7, 11) is 0. The molecular weight excluding hydrogens is 272 g/mol. The first-order valence-electron chi connectivity index (χ1n) is 7.27. The van der Waals surface area contributed by atoms with E-state index in [1.165, 1.54) is 19.3 Å². The normalized spacial score (nSPS) is 16.4. The molecule has 1 aliphatic carbocycles. The summed E-state index contributed by atoms with van der Waals surface area (Å²) in [6.45, 7) is 0.361. The van der Waals surface area contributed by atoms with Crippen LogP contribution in [0, 0.1) is 0 Å². The number of halogens is 1. The Balaban J connectivity index is 1.69. The minimum atomic E-state index is 0.0920. The van der Waals surface area contributed by atoms with Crippen LogP contribution in [-0.4, -0.2) is 16.5 Å². The van der Waals surface area contributed by atoms with Crippen LogP contribution in [0.5, 0.6) is 0 Å². The summed E-state index contributed by atoms with van der Waals surface area (Å²) < 4.78 is 1.96. The van der Waals surface area contributed by atoms with Crippen LogP contribution < -0.4 is 5.32 Å². The number of nitrogens with zero attached hydrogens (tertiary/aromatic N) is 1. The predicted molar refractivity (Wildman–Crippen MR) is 82.0 cm³/mol. The Hall–Kier alpha value is -1.48. The van der Waals surface area contributed by atoms with Crippen molar-refractivity contribution < 1.29 is 4.79 Å². The SMILES string of the molecule is O=C(Cn1ccc2c(Cl)cccc21)NC1CCCCC1. The molecule has 3 nitrogen and oxygen atoms in total. The van der Waals surface area contributed by atoms with E-state index in [0.717, 1.165) is 28.8 Å². The molecule has 1 heterocycles. The zero-order valence-corrected chi connectivity index (χ0v) is 12.2. The molecule has 2 aromatic rings. The van der Waals surface area contributed by atoms with Gasteiger partial charge in [-0.1, -0.05) is 36.9 Å². The quantitative estimate of drug-likeness (QED) is 0.918. The van der Waals surface area contributed by atoms with Gasteiger partial charge in [-0.25, -0.2) is 0 Å². The molecule has 106 valence electrons. The van der Waals surface area contributed by atoms with E-state index in [9.17, 15) is 4.79 Å². The second-order valence-electron chi connectivity index (χ2n) is 5.52. The van der Waals surface area contributed by atoms with Gasteiger partial charge in [0, 0.05) is 28.2 Å². The van der Waals surface area contributed by atoms with Gasteiger partial charge >= 0.3 is 0 Å². The third kappa shape index (κ3) is 2.83. The molecule has 0 spiro atoms. The zero-order valence-electron chi connectivity index (χ0n) is 11.4. The Morgan fingerprint density at radius 1 is 1.25 bits per heavy atom. The molecule has 1 N–H and O–H groups in total. The van der Waals surface area contributed by atoms with Crippen molar-refractivity contribution in [3.63, 3.8) is 0 Å². The highest BCUT2D eigenvalue weighted by atomic mass is 35.5. The number of hydrogen-bond donors (Lipinski definition) is 1. The average Bonchev–Trinajstić information content (AvgIpc) is 2.84. The number of rotatable bonds is 3. The smallest absolute Gasteiger partial charge is 0.240 e. The van der Waals surface area contributed by atoms with Crippen molar-refractivity contribution in [2.24, 2.45) is 0 Å². The largest absolute Gasteiger partial charge is 0.352 e. The summed E-state index contributed by atoms with van der Waals surface area (Å²) in [4.78, 5) is 12.1. The lowest BCUT2D eigenvalue weighted by molar-refractivity contribution is -0.122. The molecule has 1 aromatic carbocycles. The fourth-order valence-electron chi connectivity index (χ4n) is 3.00. The summed E-state index contributed by atoms with van der Waals surface area (Å²) in [5.41, 5.74) is 1.01. The van der Waals surface area contributed by atoms with Crippen LogP contribution in [0.4, 0.5) is 0 Å². The summed E-state index contributed by atoms with van der Waals surface area (Å²) in [5, 5.41) is 4.87. The van der Waals surface area contributed by atoms with Crippen LogP contribution in [0.25, 0.3) is 10.9 Å². The molecular formula is C16H19ClN2O. The average molecular weight is 291 g/mol. The maximum atomic E-state index is 12.1. The van der Waals surface area contributed by atoms with E-state index in [4.69, 9.17) is 11.6 Å². The maximum absolute atomic E-state index is 12.1. The molecule has 0 unspecified atom stereocenters. The number of carbonyl (C=O) groups excluding carboxylic acids is 1. The number of aromatic nitrogens is 1. The Labute approximate surface area is 123 Å². The fourth-order valence-corrected chi connectivity index (χ4v) is 3.23. The number of fused-ring (bicyclic) bond motifs is 1. The molecule has 0 atom stereocenters. The van der Waals surface area contributed by atoms with Gasteiger partial charge in [-0.2, -0.15) is 0 Å². The Morgan fingerprint density at radius 3 is 2.85 bits per heavy atom. The Morgan fingerprint density at radius 2 is 2.05 bits per heavy atom. The maximum Gasteiger partial charge on any atom is 0.240 e. The fraction of sp³-hybridized carbons (Fsp3) is 0.438. The molecule has 0 radical (unpaired) electrons. The van der Waals surface area contributed by atoms with Gasteiger partial charge in [0.1, 0.15) is 6.54 Å². The molecule has 0 saturated heterocycles. The second-order valence-corrected chi connectivity index (χ2v) is 5.93. The number of benzene rings is 1. The van der Waals surface area contributed by atoms with Gasteiger partial charge in [-0.15, -0.1) is 0 Å². The minimum Gasteiger partial charge on any atom is -0.352 e. The highest BCUT2D eigenvalue weighted by Crippen LogP contribution is 2.24. The van der Waals surface area contributed by atoms with Gasteiger partial charge < -0.3 is 9.88 Å². The third-order valence-electron chi connectivity index (χ3n) is 4.04. The van der Waals surface area contributed by atoms with Crippen molar-refractivity contribution >= 4 is 28.4 Å². The van der Waals surface area contributed by atoms with Gasteiger partial charge in [-0.05, 0) is 31.0 Å². The van der Waals surface area contributed by atoms with Crippen LogP contribution >= 0.6 is 11.6 Å². The van der Waals surface area contributed by atoms with Crippen molar-refractivity contribution in [3.05, 3.63) is 35.5 Å². The molecule has 1 fully saturated rings. The molecule has 20 heavy (non-hydrogen) atoms. The van der Waals surface area contributed by atoms with Crippen LogP contribution in [-0.2, 0) is 11.3 Å². The van der Waals surface area contributed by atoms with Gasteiger partial charge in [0.25, 0.3) is 0 Å². The first-order valence-corrected chi connectivity index (χ1v) is 7.64. The lowest BCUT2D eigenvalue weighted by Gasteiger charge is -2.22. The molecule has 0 bridgehead atoms. The van der Waals surface area contributed by atoms with Crippen molar-refractivity contribution in [2.45, 2.75) is 44.7 Å². The van der Waals surface area contributed by atoms with Crippen LogP contribution in [0.15, 0.2) is 30.5 Å². The van der Waals surface area contributed by atoms with E-state index in [-0.39, 0.29) is 5.91 Å². The van der Waals surface area contributed by atoms with Crippen molar-refractivity contribution in [1.82, 2.24) is 9.88 Å². The summed E-state index contributed by atoms with van der Waals surface area (Å²) in [6, 6.07) is 8.11. The van der Waals surface area contributed by atoms with E-state index in [0.29, 0.717) is 12.6 Å². The van der Waals surface area contributed by atoms with Crippen molar-refractivity contribution in [3.8, 4) is 0 Å². The van der Waals surface area contributed by atoms with Crippen LogP contribution in [0.1, 0.15) is 32.1 Å². The molecule has 3 rings (SSSR count). The highest BCUT2D eigenvalue weighted by Gasteiger charge is 2.16. The Bertz CT molecular complexity index is 614. The first-order chi connectivity index (χ1) is 9.74. The van der Waals surface area contributed by atoms with Crippen molar-refractivity contribution in [1.29, 1.82) is 0 Å². The molecule has 1 amide bonds. The van der Waals surface area contributed by atoms with E-state index in [1.807, 2.05) is 35.0 Å². The predicted octanol–water partition coefficient (Wildman–Crippen LogP) is 3.74. The molecule has 1 aromatic heterocycles. The number of nitrogens with one attached hydrogen (secondary N) is 1. The first kappa shape index (κ1) is 13.5. The third-order valence-corrected chi connectivity index (χ3v) is 4.37. The van der Waals surface area contributed by atoms with E-state index < -0.39 is 0 Å². The van der Waals surface area contributed by atoms with E-state index >= 15 is 0 Å². The monoisotopic (exact) mass is 290 g/mol. The zero-order chi connectivity index (χ0) is 13.9. The van der Waals surface area contributed by atoms with E-state index in [2.05, 4.69) is 5.32 Å². The van der Waals surface area contributed by atoms with Crippen molar-refractivity contribution in [2.75, 3.05) is 0 Å². The number of hydrogen-bond acceptors (Lipinski definition) is 1. The van der Waals surface area contributed by atoms with Gasteiger partial charge in [0.2, 0.25) is 5.91 Å².